The molecule has 0 bridgehead atoms. The average molecular weight is 461 g/mol. The molecule has 0 spiro atoms. The van der Waals surface area contributed by atoms with Gasteiger partial charge < -0.3 is 4.42 Å². The molecule has 0 aliphatic heterocycles. The third-order valence-electron chi connectivity index (χ3n) is 4.58. The molecular weight excluding hydrogens is 444 g/mol. The first-order chi connectivity index (χ1) is 14.5. The van der Waals surface area contributed by atoms with Gasteiger partial charge in [-0.3, -0.25) is 4.79 Å². The minimum atomic E-state index is -0.236. The van der Waals surface area contributed by atoms with Crippen LogP contribution in [0, 0.1) is 11.3 Å². The van der Waals surface area contributed by atoms with Crippen molar-refractivity contribution in [1.82, 2.24) is 9.66 Å². The molecule has 0 saturated heterocycles. The van der Waals surface area contributed by atoms with Crippen LogP contribution in [0.25, 0.3) is 22.2 Å². The van der Waals surface area contributed by atoms with Crippen molar-refractivity contribution in [2.75, 3.05) is 0 Å². The topological polar surface area (TPSA) is 84.2 Å². The van der Waals surface area contributed by atoms with Gasteiger partial charge >= 0.3 is 0 Å². The molecule has 0 radical (unpaired) electrons. The van der Waals surface area contributed by atoms with Crippen LogP contribution in [0.3, 0.4) is 0 Å². The third kappa shape index (κ3) is 3.82. The Bertz CT molecular complexity index is 1360. The predicted octanol–water partition coefficient (Wildman–Crippen LogP) is 5.30. The maximum absolute atomic E-state index is 13.0. The molecule has 0 aliphatic rings. The summed E-state index contributed by atoms with van der Waals surface area (Å²) in [6, 6.07) is 18.2. The number of nitriles is 1. The molecule has 4 rings (SSSR count). The Hall–Kier alpha value is -3.50. The van der Waals surface area contributed by atoms with E-state index in [4.69, 9.17) is 9.68 Å². The zero-order valence-electron chi connectivity index (χ0n) is 16.3. The second-order valence-electron chi connectivity index (χ2n) is 7.04. The maximum Gasteiger partial charge on any atom is 0.282 e. The number of benzene rings is 2. The molecule has 0 fully saturated rings. The van der Waals surface area contributed by atoms with Crippen LogP contribution in [0.1, 0.15) is 36.9 Å². The molecule has 4 aromatic rings. The first-order valence-electron chi connectivity index (χ1n) is 9.33. The number of aromatic nitrogens is 2. The van der Waals surface area contributed by atoms with E-state index in [1.807, 2.05) is 44.2 Å². The van der Waals surface area contributed by atoms with E-state index in [1.165, 1.54) is 10.9 Å². The molecule has 2 aromatic carbocycles. The fourth-order valence-corrected chi connectivity index (χ4v) is 3.41. The quantitative estimate of drug-likeness (QED) is 0.387. The third-order valence-corrected chi connectivity index (χ3v) is 5.07. The van der Waals surface area contributed by atoms with Crippen molar-refractivity contribution >= 4 is 33.0 Å². The minimum absolute atomic E-state index is 0.00806. The molecule has 0 unspecified atom stereocenters. The van der Waals surface area contributed by atoms with Crippen LogP contribution in [0.4, 0.5) is 0 Å². The maximum atomic E-state index is 13.0. The van der Waals surface area contributed by atoms with Crippen molar-refractivity contribution in [3.63, 3.8) is 0 Å². The Labute approximate surface area is 181 Å². The van der Waals surface area contributed by atoms with Gasteiger partial charge in [0.2, 0.25) is 0 Å². The van der Waals surface area contributed by atoms with Gasteiger partial charge in [-0.25, -0.2) is 4.98 Å². The highest BCUT2D eigenvalue weighted by Crippen LogP contribution is 2.22. The van der Waals surface area contributed by atoms with Gasteiger partial charge in [0.1, 0.15) is 17.3 Å². The summed E-state index contributed by atoms with van der Waals surface area (Å²) in [5, 5.41) is 13.8. The van der Waals surface area contributed by atoms with Gasteiger partial charge in [0.25, 0.3) is 5.56 Å². The summed E-state index contributed by atoms with van der Waals surface area (Å²) < 4.78 is 7.96. The summed E-state index contributed by atoms with van der Waals surface area (Å²) in [7, 11) is 0. The summed E-state index contributed by atoms with van der Waals surface area (Å²) in [5.74, 6) is 1.74. The number of nitrogens with zero attached hydrogens (tertiary/aromatic N) is 4. The van der Waals surface area contributed by atoms with Gasteiger partial charge in [0, 0.05) is 16.0 Å². The summed E-state index contributed by atoms with van der Waals surface area (Å²) in [6.07, 6.45) is 1.51. The molecule has 7 heteroatoms. The van der Waals surface area contributed by atoms with Crippen LogP contribution in [0.5, 0.6) is 0 Å². The smallest absolute Gasteiger partial charge is 0.282 e. The van der Waals surface area contributed by atoms with Crippen molar-refractivity contribution in [2.45, 2.75) is 19.8 Å². The van der Waals surface area contributed by atoms with Gasteiger partial charge in [-0.15, -0.1) is 0 Å². The predicted molar refractivity (Wildman–Crippen MR) is 120 cm³/mol. The van der Waals surface area contributed by atoms with E-state index in [-0.39, 0.29) is 11.5 Å². The molecule has 2 aromatic heterocycles. The van der Waals surface area contributed by atoms with Crippen LogP contribution in [0.2, 0.25) is 0 Å². The van der Waals surface area contributed by atoms with Crippen LogP contribution in [0.15, 0.2) is 73.4 Å². The minimum Gasteiger partial charge on any atom is -0.455 e. The van der Waals surface area contributed by atoms with Gasteiger partial charge in [0.15, 0.2) is 0 Å². The highest BCUT2D eigenvalue weighted by atomic mass is 79.9. The Balaban J connectivity index is 1.72. The average Bonchev–Trinajstić information content (AvgIpc) is 3.22. The molecule has 0 amide bonds. The van der Waals surface area contributed by atoms with E-state index in [9.17, 15) is 4.79 Å². The Morgan fingerprint density at radius 1 is 1.17 bits per heavy atom. The number of furan rings is 1. The van der Waals surface area contributed by atoms with Gasteiger partial charge in [0.05, 0.1) is 28.8 Å². The lowest BCUT2D eigenvalue weighted by molar-refractivity contribution is 0.573. The second-order valence-corrected chi connectivity index (χ2v) is 7.95. The molecule has 0 N–H and O–H groups in total. The molecule has 2 heterocycles. The SMILES string of the molecule is CC(C)c1nc2ccc(Br)cc2c(=O)n1N=Cc1ccc(-c2ccc(C#N)cc2)o1. The van der Waals surface area contributed by atoms with E-state index < -0.39 is 0 Å². The van der Waals surface area contributed by atoms with Crippen molar-refractivity contribution in [3.8, 4) is 17.4 Å². The molecule has 0 aliphatic carbocycles. The second kappa shape index (κ2) is 8.09. The lowest BCUT2D eigenvalue weighted by Crippen LogP contribution is -2.23. The summed E-state index contributed by atoms with van der Waals surface area (Å²) in [5.41, 5.74) is 1.84. The van der Waals surface area contributed by atoms with Gasteiger partial charge in [-0.1, -0.05) is 29.8 Å². The molecule has 0 atom stereocenters. The van der Waals surface area contributed by atoms with Crippen molar-refractivity contribution in [1.29, 1.82) is 5.26 Å². The van der Waals surface area contributed by atoms with E-state index in [0.29, 0.717) is 33.8 Å². The first-order valence-corrected chi connectivity index (χ1v) is 10.1. The van der Waals surface area contributed by atoms with Gasteiger partial charge in [-0.2, -0.15) is 15.0 Å². The first kappa shape index (κ1) is 19.8. The van der Waals surface area contributed by atoms with Crippen LogP contribution >= 0.6 is 15.9 Å². The van der Waals surface area contributed by atoms with E-state index in [2.05, 4.69) is 32.1 Å². The summed E-state index contributed by atoms with van der Waals surface area (Å²) in [4.78, 5) is 17.7. The lowest BCUT2D eigenvalue weighted by Gasteiger charge is -2.11. The molecule has 30 heavy (non-hydrogen) atoms. The van der Waals surface area contributed by atoms with Crippen LogP contribution < -0.4 is 5.56 Å². The fourth-order valence-electron chi connectivity index (χ4n) is 3.05. The number of fused-ring (bicyclic) bond motifs is 1. The van der Waals surface area contributed by atoms with Gasteiger partial charge in [-0.05, 0) is 54.6 Å². The Morgan fingerprint density at radius 2 is 1.93 bits per heavy atom. The standard InChI is InChI=1S/C23H17BrN4O2/c1-14(2)22-27-20-9-7-17(24)11-19(20)23(29)28(22)26-13-18-8-10-21(30-18)16-5-3-15(12-25)4-6-16/h3-11,13-14H,1-2H3. The van der Waals surface area contributed by atoms with E-state index in [0.717, 1.165) is 10.0 Å². The molecule has 6 nitrogen and oxygen atoms in total. The Kier molecular flexibility index (Phi) is 5.34. The van der Waals surface area contributed by atoms with Crippen molar-refractivity contribution in [2.24, 2.45) is 5.10 Å². The number of hydrogen-bond acceptors (Lipinski definition) is 5. The monoisotopic (exact) mass is 460 g/mol. The largest absolute Gasteiger partial charge is 0.455 e. The summed E-state index contributed by atoms with van der Waals surface area (Å²) in [6.45, 7) is 3.93. The highest BCUT2D eigenvalue weighted by Gasteiger charge is 2.14. The number of hydrogen-bond donors (Lipinski definition) is 0. The van der Waals surface area contributed by atoms with Crippen molar-refractivity contribution in [3.05, 3.63) is 86.6 Å². The molecular formula is C23H17BrN4O2. The molecule has 0 saturated carbocycles. The van der Waals surface area contributed by atoms with Crippen LogP contribution in [-0.4, -0.2) is 15.9 Å². The summed E-state index contributed by atoms with van der Waals surface area (Å²) >= 11 is 3.40. The zero-order chi connectivity index (χ0) is 21.3. The lowest BCUT2D eigenvalue weighted by atomic mass is 10.1. The Morgan fingerprint density at radius 3 is 2.63 bits per heavy atom. The highest BCUT2D eigenvalue weighted by molar-refractivity contribution is 9.10. The van der Waals surface area contributed by atoms with E-state index in [1.54, 1.807) is 24.3 Å². The van der Waals surface area contributed by atoms with Crippen LogP contribution in [-0.2, 0) is 0 Å². The number of halogens is 1. The van der Waals surface area contributed by atoms with E-state index >= 15 is 0 Å². The van der Waals surface area contributed by atoms with Crippen molar-refractivity contribution < 1.29 is 4.42 Å². The fraction of sp³-hybridized carbons (Fsp3) is 0.130. The normalized spacial score (nSPS) is 11.4. The number of rotatable bonds is 4. The molecule has 148 valence electrons. The zero-order valence-corrected chi connectivity index (χ0v) is 17.9.